The molecule has 8 rings (SSSR count). The van der Waals surface area contributed by atoms with Gasteiger partial charge < -0.3 is 19.6 Å². The van der Waals surface area contributed by atoms with Crippen molar-refractivity contribution in [2.75, 3.05) is 30.4 Å². The second-order valence-corrected chi connectivity index (χ2v) is 12.2. The molecule has 0 aromatic carbocycles. The summed E-state index contributed by atoms with van der Waals surface area (Å²) in [6.07, 6.45) is 7.08. The van der Waals surface area contributed by atoms with Gasteiger partial charge in [-0.15, -0.1) is 0 Å². The van der Waals surface area contributed by atoms with Gasteiger partial charge in [0.05, 0.1) is 18.8 Å². The third kappa shape index (κ3) is 3.80. The highest BCUT2D eigenvalue weighted by atomic mass is 16.3. The van der Waals surface area contributed by atoms with E-state index in [0.29, 0.717) is 41.3 Å². The number of aliphatic hydroxyl groups is 1. The second kappa shape index (κ2) is 9.40. The van der Waals surface area contributed by atoms with Crippen molar-refractivity contribution in [3.8, 4) is 11.1 Å². The summed E-state index contributed by atoms with van der Waals surface area (Å²) in [5.41, 5.74) is 6.76. The monoisotopic (exact) mass is 566 g/mol. The molecule has 0 saturated heterocycles. The van der Waals surface area contributed by atoms with Gasteiger partial charge in [-0.25, -0.2) is 4.98 Å². The number of hydrogen-bond donors (Lipinski definition) is 2. The molecule has 1 saturated carbocycles. The van der Waals surface area contributed by atoms with Crippen molar-refractivity contribution >= 4 is 23.2 Å². The maximum absolute atomic E-state index is 13.8. The van der Waals surface area contributed by atoms with Gasteiger partial charge in [0.1, 0.15) is 17.2 Å². The number of aliphatic hydroxyl groups excluding tert-OH is 1. The Kier molecular flexibility index (Phi) is 5.70. The predicted molar refractivity (Wildman–Crippen MR) is 158 cm³/mol. The molecule has 2 bridgehead atoms. The fraction of sp³-hybridized carbons (Fsp3) is 0.419. The first-order valence-corrected chi connectivity index (χ1v) is 14.8. The highest BCUT2D eigenvalue weighted by molar-refractivity contribution is 6.06. The molecule has 6 heterocycles. The molecule has 2 N–H and O–H groups in total. The minimum absolute atomic E-state index is 0.0772. The molecule has 2 unspecified atom stereocenters. The Hall–Kier alpha value is -4.22. The summed E-state index contributed by atoms with van der Waals surface area (Å²) in [6.45, 7) is 3.44. The molecular formula is C31H34N8O3. The van der Waals surface area contributed by atoms with E-state index in [-0.39, 0.29) is 18.1 Å². The first kappa shape index (κ1) is 25.5. The smallest absolute Gasteiger partial charge is 0.276 e. The van der Waals surface area contributed by atoms with Gasteiger partial charge in [-0.2, -0.15) is 5.10 Å². The molecule has 216 valence electrons. The molecular weight excluding hydrogens is 532 g/mol. The van der Waals surface area contributed by atoms with E-state index in [1.807, 2.05) is 16.8 Å². The molecule has 1 fully saturated rings. The summed E-state index contributed by atoms with van der Waals surface area (Å²) < 4.78 is 5.73. The van der Waals surface area contributed by atoms with E-state index in [4.69, 9.17) is 0 Å². The van der Waals surface area contributed by atoms with Crippen molar-refractivity contribution < 1.29 is 9.90 Å². The van der Waals surface area contributed by atoms with Crippen LogP contribution >= 0.6 is 0 Å². The lowest BCUT2D eigenvalue weighted by Crippen LogP contribution is -2.41. The number of carbonyl (C=O) groups is 1. The molecule has 2 atom stereocenters. The number of hydrogen-bond acceptors (Lipinski definition) is 7. The third-order valence-corrected chi connectivity index (χ3v) is 9.63. The average molecular weight is 567 g/mol. The van der Waals surface area contributed by atoms with Crippen LogP contribution in [0.2, 0.25) is 0 Å². The molecule has 4 aromatic heterocycles. The van der Waals surface area contributed by atoms with E-state index in [9.17, 15) is 14.7 Å². The number of nitrogens with zero attached hydrogens (tertiary/aromatic N) is 7. The van der Waals surface area contributed by atoms with Crippen molar-refractivity contribution in [1.29, 1.82) is 0 Å². The van der Waals surface area contributed by atoms with E-state index in [1.54, 1.807) is 30.4 Å². The Morgan fingerprint density at radius 1 is 1.05 bits per heavy atom. The molecule has 2 aliphatic heterocycles. The standard InChI is InChI=1S/C31H34N8O3/c1-35-7-10-39-21(16-35)13-27(34-39)33-25-12-20(15-36(2)30(25)41)22-5-6-32-29(24(22)17-40)38-9-8-37-26(31(38)42)14-23-18-3-4-19(11-18)28(23)37/h5-6,12-15,18-19,40H,3-4,7-11,16-17H2,1-2H3,(H,33,34). The van der Waals surface area contributed by atoms with Gasteiger partial charge in [-0.3, -0.25) is 24.1 Å². The molecule has 4 aromatic rings. The van der Waals surface area contributed by atoms with Crippen molar-refractivity contribution in [3.05, 3.63) is 75.2 Å². The maximum atomic E-state index is 13.8. The van der Waals surface area contributed by atoms with Crippen LogP contribution < -0.4 is 15.8 Å². The highest BCUT2D eigenvalue weighted by Gasteiger charge is 2.43. The molecule has 0 radical (unpaired) electrons. The number of likely N-dealkylation sites (N-methyl/N-ethyl adjacent to an activating group) is 1. The van der Waals surface area contributed by atoms with Crippen LogP contribution in [-0.4, -0.2) is 59.9 Å². The number of anilines is 3. The molecule has 0 spiro atoms. The topological polar surface area (TPSA) is 113 Å². The normalized spacial score (nSPS) is 21.0. The van der Waals surface area contributed by atoms with Crippen molar-refractivity contribution in [1.82, 2.24) is 28.8 Å². The SMILES string of the molecule is CN1CCn2nc(Nc3cc(-c4ccnc(N5CCn6c(cc7c6C6CCC7C6)C5=O)c4CO)cn(C)c3=O)cc2C1. The Morgan fingerprint density at radius 3 is 2.76 bits per heavy atom. The zero-order chi connectivity index (χ0) is 28.7. The van der Waals surface area contributed by atoms with E-state index in [2.05, 4.69) is 38.0 Å². The van der Waals surface area contributed by atoms with Gasteiger partial charge in [0.25, 0.3) is 11.5 Å². The number of aryl methyl sites for hydroxylation is 1. The second-order valence-electron chi connectivity index (χ2n) is 12.2. The Balaban J connectivity index is 1.14. The Bertz CT molecular complexity index is 1820. The summed E-state index contributed by atoms with van der Waals surface area (Å²) in [5.74, 6) is 2.17. The number of nitrogens with one attached hydrogen (secondary N) is 1. The zero-order valence-corrected chi connectivity index (χ0v) is 23.9. The summed E-state index contributed by atoms with van der Waals surface area (Å²) in [7, 11) is 3.79. The lowest BCUT2D eigenvalue weighted by Gasteiger charge is -2.31. The van der Waals surface area contributed by atoms with Crippen LogP contribution in [0.4, 0.5) is 17.3 Å². The maximum Gasteiger partial charge on any atom is 0.276 e. The first-order valence-electron chi connectivity index (χ1n) is 14.8. The van der Waals surface area contributed by atoms with Crippen molar-refractivity contribution in [2.24, 2.45) is 7.05 Å². The number of aromatic nitrogens is 5. The lowest BCUT2D eigenvalue weighted by molar-refractivity contribution is 0.0963. The molecule has 4 aliphatic rings. The summed E-state index contributed by atoms with van der Waals surface area (Å²) in [4.78, 5) is 35.5. The minimum atomic E-state index is -0.295. The predicted octanol–water partition coefficient (Wildman–Crippen LogP) is 3.15. The average Bonchev–Trinajstić information content (AvgIpc) is 3.77. The molecule has 42 heavy (non-hydrogen) atoms. The van der Waals surface area contributed by atoms with E-state index < -0.39 is 0 Å². The molecule has 2 aliphatic carbocycles. The van der Waals surface area contributed by atoms with Crippen LogP contribution in [-0.2, 0) is 33.3 Å². The van der Waals surface area contributed by atoms with Crippen molar-refractivity contribution in [3.63, 3.8) is 0 Å². The highest BCUT2D eigenvalue weighted by Crippen LogP contribution is 2.54. The lowest BCUT2D eigenvalue weighted by atomic mass is 9.98. The van der Waals surface area contributed by atoms with Crippen LogP contribution in [0.5, 0.6) is 0 Å². The quantitative estimate of drug-likeness (QED) is 0.382. The van der Waals surface area contributed by atoms with Crippen LogP contribution in [0.25, 0.3) is 11.1 Å². The zero-order valence-electron chi connectivity index (χ0n) is 23.9. The number of amides is 1. The van der Waals surface area contributed by atoms with Crippen LogP contribution in [0, 0.1) is 0 Å². The third-order valence-electron chi connectivity index (χ3n) is 9.63. The summed E-state index contributed by atoms with van der Waals surface area (Å²) >= 11 is 0. The summed E-state index contributed by atoms with van der Waals surface area (Å²) in [5, 5.41) is 18.5. The fourth-order valence-electron chi connectivity index (χ4n) is 7.63. The number of fused-ring (bicyclic) bond motifs is 8. The molecule has 1 amide bonds. The first-order chi connectivity index (χ1) is 20.4. The number of rotatable bonds is 5. The van der Waals surface area contributed by atoms with E-state index in [1.165, 1.54) is 35.1 Å². The van der Waals surface area contributed by atoms with Gasteiger partial charge in [-0.05, 0) is 61.6 Å². The van der Waals surface area contributed by atoms with E-state index >= 15 is 0 Å². The minimum Gasteiger partial charge on any atom is -0.392 e. The number of pyridine rings is 2. The fourth-order valence-corrected chi connectivity index (χ4v) is 7.63. The van der Waals surface area contributed by atoms with Crippen LogP contribution in [0.3, 0.4) is 0 Å². The van der Waals surface area contributed by atoms with Gasteiger partial charge in [-0.1, -0.05) is 0 Å². The van der Waals surface area contributed by atoms with Gasteiger partial charge in [0.2, 0.25) is 0 Å². The molecule has 11 heteroatoms. The van der Waals surface area contributed by atoms with Crippen LogP contribution in [0.1, 0.15) is 64.1 Å². The van der Waals surface area contributed by atoms with Gasteiger partial charge >= 0.3 is 0 Å². The largest absolute Gasteiger partial charge is 0.392 e. The molecule has 11 nitrogen and oxygen atoms in total. The number of carbonyl (C=O) groups excluding carboxylic acids is 1. The van der Waals surface area contributed by atoms with Crippen molar-refractivity contribution in [2.45, 2.75) is 57.3 Å². The Labute approximate surface area is 243 Å². The summed E-state index contributed by atoms with van der Waals surface area (Å²) in [6, 6.07) is 7.69. The van der Waals surface area contributed by atoms with Crippen LogP contribution in [0.15, 0.2) is 41.5 Å². The van der Waals surface area contributed by atoms with E-state index in [0.717, 1.165) is 48.7 Å². The van der Waals surface area contributed by atoms with Gasteiger partial charge in [0, 0.05) is 74.4 Å². The van der Waals surface area contributed by atoms with Gasteiger partial charge in [0.15, 0.2) is 5.82 Å². The Morgan fingerprint density at radius 2 is 1.90 bits per heavy atom.